The Bertz CT molecular complexity index is 1940. The molecular formula is C43H50Cl2SiZr. The first kappa shape index (κ1) is 39.2. The van der Waals surface area contributed by atoms with Crippen molar-refractivity contribution in [1.82, 2.24) is 0 Å². The van der Waals surface area contributed by atoms with Gasteiger partial charge in [0.2, 0.25) is 0 Å². The molecule has 0 aliphatic heterocycles. The Morgan fingerprint density at radius 2 is 1.04 bits per heavy atom. The van der Waals surface area contributed by atoms with Crippen molar-refractivity contribution in [3.8, 4) is 22.3 Å². The summed E-state index contributed by atoms with van der Waals surface area (Å²) in [6.07, 6.45) is 0. The van der Waals surface area contributed by atoms with Gasteiger partial charge >= 0.3 is 37.9 Å². The minimum absolute atomic E-state index is 0.575. The molecule has 0 heterocycles. The first-order valence-electron chi connectivity index (χ1n) is 16.4. The molecule has 244 valence electrons. The van der Waals surface area contributed by atoms with Gasteiger partial charge in [-0.1, -0.05) is 88.3 Å². The van der Waals surface area contributed by atoms with Gasteiger partial charge < -0.3 is 0 Å². The van der Waals surface area contributed by atoms with E-state index in [0.717, 1.165) is 9.52 Å². The topological polar surface area (TPSA) is 0 Å². The summed E-state index contributed by atoms with van der Waals surface area (Å²) in [6, 6.07) is 29.5. The van der Waals surface area contributed by atoms with Gasteiger partial charge in [-0.2, -0.15) is 12.1 Å². The molecule has 6 aromatic carbocycles. The van der Waals surface area contributed by atoms with Crippen molar-refractivity contribution >= 4 is 48.1 Å². The van der Waals surface area contributed by atoms with Crippen molar-refractivity contribution in [2.75, 3.05) is 0 Å². The molecule has 0 unspecified atom stereocenters. The zero-order valence-corrected chi connectivity index (χ0v) is 35.3. The van der Waals surface area contributed by atoms with Crippen LogP contribution in [0.2, 0.25) is 13.1 Å². The van der Waals surface area contributed by atoms with Gasteiger partial charge in [0, 0.05) is 9.52 Å². The summed E-state index contributed by atoms with van der Waals surface area (Å²) in [4.78, 5) is 0. The Hall–Kier alpha value is -2.22. The molecule has 0 aromatic heterocycles. The molecule has 0 bridgehead atoms. The molecule has 0 saturated heterocycles. The minimum atomic E-state index is -0.826. The fraction of sp³-hybridized carbons (Fsp3) is 0.302. The normalized spacial score (nSPS) is 10.5. The van der Waals surface area contributed by atoms with E-state index in [0.29, 0.717) is 5.92 Å². The molecule has 6 aromatic rings. The van der Waals surface area contributed by atoms with Gasteiger partial charge in [0.15, 0.2) is 0 Å². The van der Waals surface area contributed by atoms with Crippen LogP contribution >= 0.6 is 17.0 Å². The summed E-state index contributed by atoms with van der Waals surface area (Å²) in [7, 11) is 11.0. The van der Waals surface area contributed by atoms with Crippen LogP contribution < -0.4 is 0 Å². The number of rotatable bonds is 3. The predicted octanol–water partition coefficient (Wildman–Crippen LogP) is 14.2. The van der Waals surface area contributed by atoms with E-state index in [9.17, 15) is 0 Å². The number of aryl methyl sites for hydroxylation is 4. The quantitative estimate of drug-likeness (QED) is 0.125. The van der Waals surface area contributed by atoms with Gasteiger partial charge in [-0.25, -0.2) is 0 Å². The van der Waals surface area contributed by atoms with Crippen LogP contribution in [0.4, 0.5) is 0 Å². The average molecular weight is 757 g/mol. The summed E-state index contributed by atoms with van der Waals surface area (Å²) < 4.78 is 0. The second-order valence-electron chi connectivity index (χ2n) is 13.0. The molecule has 0 atom stereocenters. The number of halogens is 2. The van der Waals surface area contributed by atoms with E-state index in [1.54, 1.807) is 0 Å². The van der Waals surface area contributed by atoms with Crippen LogP contribution in [0.3, 0.4) is 0 Å². The van der Waals surface area contributed by atoms with E-state index in [1.807, 2.05) is 0 Å². The first-order chi connectivity index (χ1) is 22.3. The van der Waals surface area contributed by atoms with Crippen LogP contribution in [0.15, 0.2) is 78.9 Å². The number of hydrogen-bond acceptors (Lipinski definition) is 0. The molecule has 0 fully saturated rings. The third kappa shape index (κ3) is 9.27. The van der Waals surface area contributed by atoms with Crippen molar-refractivity contribution < 1.29 is 20.8 Å². The molecule has 0 N–H and O–H groups in total. The Morgan fingerprint density at radius 3 is 1.55 bits per heavy atom. The van der Waals surface area contributed by atoms with Gasteiger partial charge in [0.1, 0.15) is 0 Å². The van der Waals surface area contributed by atoms with Gasteiger partial charge in [0.05, 0.1) is 0 Å². The van der Waals surface area contributed by atoms with Crippen LogP contribution in [0.1, 0.15) is 69.8 Å². The standard InChI is InChI=1S/C21H23.C20H21.C2H6Si.2ClH.Zr/c1-13(2)18-11-17-7-6-8-20(21(17)12-18)19-10-9-14(3)15(4)16(19)5;1-12-10-19-14(3)7-9-18(20(19)11-12)17-8-6-13(2)15(4)16(17)5;1-3-2;;;/h6-13H,1-5H3;6-11H,1-5H3;1-2H3;2*1H;/q2*-1;;;;+4/p-2. The second-order valence-corrected chi connectivity index (χ2v) is 17.7. The van der Waals surface area contributed by atoms with Crippen LogP contribution in [-0.4, -0.2) is 9.52 Å². The number of benzene rings is 4. The SMILES string of the molecule is C[Si]C.Cc1cc2c(-c3ccc(C)c(C)c3C)ccc(C)c2[cH-]1.Cc1ccc(-c2cccc3[cH-]c(C(C)C)cc23)c(C)c1C.[Cl][Zr+2][Cl]. The van der Waals surface area contributed by atoms with E-state index in [1.165, 1.54) is 93.9 Å². The molecule has 0 amide bonds. The van der Waals surface area contributed by atoms with E-state index in [2.05, 4.69) is 161 Å². The zero-order chi connectivity index (χ0) is 35.0. The van der Waals surface area contributed by atoms with Gasteiger partial charge in [0.25, 0.3) is 0 Å². The monoisotopic (exact) mass is 754 g/mol. The molecule has 0 nitrogen and oxygen atoms in total. The first-order valence-corrected chi connectivity index (χ1v) is 24.7. The third-order valence-corrected chi connectivity index (χ3v) is 9.39. The van der Waals surface area contributed by atoms with Gasteiger partial charge in [-0.15, -0.1) is 68.6 Å². The number of hydrogen-bond donors (Lipinski definition) is 0. The van der Waals surface area contributed by atoms with Crippen molar-refractivity contribution in [3.05, 3.63) is 129 Å². The Kier molecular flexibility index (Phi) is 15.0. The maximum atomic E-state index is 4.93. The summed E-state index contributed by atoms with van der Waals surface area (Å²) in [5, 5.41) is 5.51. The van der Waals surface area contributed by atoms with Crippen molar-refractivity contribution in [2.45, 2.75) is 88.2 Å². The molecular weight excluding hydrogens is 707 g/mol. The van der Waals surface area contributed by atoms with Crippen molar-refractivity contribution in [1.29, 1.82) is 0 Å². The molecule has 0 saturated carbocycles. The molecule has 47 heavy (non-hydrogen) atoms. The van der Waals surface area contributed by atoms with Gasteiger partial charge in [-0.3, -0.25) is 0 Å². The molecule has 6 rings (SSSR count). The van der Waals surface area contributed by atoms with Crippen LogP contribution in [0.25, 0.3) is 43.8 Å². The van der Waals surface area contributed by atoms with E-state index in [-0.39, 0.29) is 0 Å². The Morgan fingerprint density at radius 1 is 0.574 bits per heavy atom. The van der Waals surface area contributed by atoms with Gasteiger partial charge in [-0.05, 0) is 92.0 Å². The fourth-order valence-electron chi connectivity index (χ4n) is 6.15. The Labute approximate surface area is 306 Å². The third-order valence-electron chi connectivity index (χ3n) is 9.39. The average Bonchev–Trinajstić information content (AvgIpc) is 3.65. The molecule has 0 aliphatic rings. The summed E-state index contributed by atoms with van der Waals surface area (Å²) in [5.74, 6) is 0.575. The zero-order valence-electron chi connectivity index (χ0n) is 30.3. The Balaban J connectivity index is 0.000000219. The second kappa shape index (κ2) is 18.0. The molecule has 0 spiro atoms. The molecule has 0 aliphatic carbocycles. The molecule has 4 heteroatoms. The summed E-state index contributed by atoms with van der Waals surface area (Å²) >= 11 is -0.826. The van der Waals surface area contributed by atoms with E-state index < -0.39 is 20.8 Å². The maximum absolute atomic E-state index is 4.93. The van der Waals surface area contributed by atoms with E-state index >= 15 is 0 Å². The molecule has 2 radical (unpaired) electrons. The predicted molar refractivity (Wildman–Crippen MR) is 211 cm³/mol. The van der Waals surface area contributed by atoms with Crippen LogP contribution in [0.5, 0.6) is 0 Å². The fourth-order valence-corrected chi connectivity index (χ4v) is 6.15. The van der Waals surface area contributed by atoms with Crippen molar-refractivity contribution in [3.63, 3.8) is 0 Å². The van der Waals surface area contributed by atoms with Crippen molar-refractivity contribution in [2.24, 2.45) is 0 Å². The summed E-state index contributed by atoms with van der Waals surface area (Å²) in [5.41, 5.74) is 17.9. The summed E-state index contributed by atoms with van der Waals surface area (Å²) in [6.45, 7) is 26.5. The van der Waals surface area contributed by atoms with Crippen LogP contribution in [0, 0.1) is 55.4 Å². The van der Waals surface area contributed by atoms with E-state index in [4.69, 9.17) is 17.0 Å². The van der Waals surface area contributed by atoms with Crippen LogP contribution in [-0.2, 0) is 20.8 Å². The number of fused-ring (bicyclic) bond motifs is 2.